The van der Waals surface area contributed by atoms with Gasteiger partial charge in [-0.2, -0.15) is 13.2 Å². The Morgan fingerprint density at radius 2 is 1.94 bits per heavy atom. The van der Waals surface area contributed by atoms with E-state index in [2.05, 4.69) is 9.97 Å². The van der Waals surface area contributed by atoms with Gasteiger partial charge >= 0.3 is 6.18 Å². The molecule has 2 heterocycles. The first-order valence-corrected chi connectivity index (χ1v) is 11.7. The fraction of sp³-hybridized carbons (Fsp3) is 0.478. The number of nitrogens with zero attached hydrogens (tertiary/aromatic N) is 3. The van der Waals surface area contributed by atoms with Crippen molar-refractivity contribution in [2.45, 2.75) is 51.2 Å². The van der Waals surface area contributed by atoms with Crippen LogP contribution in [0.4, 0.5) is 23.2 Å². The van der Waals surface area contributed by atoms with Gasteiger partial charge in [0.05, 0.1) is 22.5 Å². The second kappa shape index (κ2) is 9.38. The minimum Gasteiger partial charge on any atom is -0.364 e. The van der Waals surface area contributed by atoms with Crippen molar-refractivity contribution in [1.29, 1.82) is 0 Å². The van der Waals surface area contributed by atoms with Crippen LogP contribution in [0.25, 0.3) is 0 Å². The zero-order chi connectivity index (χ0) is 26.4. The zero-order valence-electron chi connectivity index (χ0n) is 19.3. The first-order valence-electron chi connectivity index (χ1n) is 11.3. The van der Waals surface area contributed by atoms with E-state index in [4.69, 9.17) is 17.3 Å². The van der Waals surface area contributed by atoms with Crippen molar-refractivity contribution in [2.75, 3.05) is 18.0 Å². The predicted molar refractivity (Wildman–Crippen MR) is 122 cm³/mol. The van der Waals surface area contributed by atoms with Crippen LogP contribution in [-0.2, 0) is 4.79 Å². The monoisotopic (exact) mass is 529 g/mol. The quantitative estimate of drug-likeness (QED) is 0.570. The molecule has 0 atom stereocenters. The van der Waals surface area contributed by atoms with Gasteiger partial charge in [-0.1, -0.05) is 11.6 Å². The van der Waals surface area contributed by atoms with Crippen LogP contribution in [0, 0.1) is 18.2 Å². The molecule has 4 rings (SSSR count). The number of carbonyl (C=O) groups excluding carboxylic acids is 3. The summed E-state index contributed by atoms with van der Waals surface area (Å²) in [6.45, 7) is 0.382. The molecule has 1 spiro atoms. The van der Waals surface area contributed by atoms with Crippen LogP contribution < -0.4 is 10.6 Å². The lowest BCUT2D eigenvalue weighted by Gasteiger charge is -2.41. The number of nitrogens with two attached hydrogens (primary N) is 1. The normalized spacial score (nSPS) is 22.3. The Balaban J connectivity index is 1.54. The number of hydrogen-bond donors (Lipinski definition) is 2. The van der Waals surface area contributed by atoms with Gasteiger partial charge in [-0.05, 0) is 56.7 Å². The fourth-order valence-electron chi connectivity index (χ4n) is 5.18. The average Bonchev–Trinajstić information content (AvgIpc) is 3.41. The number of H-pyrrole nitrogens is 1. The van der Waals surface area contributed by atoms with E-state index in [0.717, 1.165) is 12.4 Å². The van der Waals surface area contributed by atoms with Crippen LogP contribution in [0.2, 0.25) is 5.02 Å². The van der Waals surface area contributed by atoms with Gasteiger partial charge in [0.25, 0.3) is 11.8 Å². The van der Waals surface area contributed by atoms with E-state index in [1.54, 1.807) is 6.92 Å². The van der Waals surface area contributed by atoms with E-state index in [1.165, 1.54) is 11.0 Å². The molecule has 1 saturated carbocycles. The van der Waals surface area contributed by atoms with Crippen LogP contribution in [0.5, 0.6) is 0 Å². The number of alkyl halides is 3. The summed E-state index contributed by atoms with van der Waals surface area (Å²) in [7, 11) is 0. The number of benzene rings is 1. The van der Waals surface area contributed by atoms with Gasteiger partial charge in [0.1, 0.15) is 18.1 Å². The number of rotatable bonds is 5. The van der Waals surface area contributed by atoms with Gasteiger partial charge in [0.2, 0.25) is 5.91 Å². The van der Waals surface area contributed by atoms with Crippen molar-refractivity contribution in [1.82, 2.24) is 14.9 Å². The number of primary amides is 1. The standard InChI is InChI=1S/C23H24ClF4N5O3/c1-12-8-16(14(24)9-15(12)25)32-7-6-22(21(32)36)4-2-13(3-5-22)33(10-23(26,27)28)20(35)18-17(19(29)34)30-11-31-18/h8-9,11,13H,2-7,10H2,1H3,(H2,29,34)(H,30,31). The molecule has 3 amide bonds. The largest absolute Gasteiger partial charge is 0.406 e. The summed E-state index contributed by atoms with van der Waals surface area (Å²) in [4.78, 5) is 46.3. The molecule has 2 fully saturated rings. The lowest BCUT2D eigenvalue weighted by Crippen LogP contribution is -2.49. The van der Waals surface area contributed by atoms with Crippen LogP contribution in [0.1, 0.15) is 58.6 Å². The van der Waals surface area contributed by atoms with Gasteiger partial charge < -0.3 is 20.5 Å². The Morgan fingerprint density at radius 1 is 1.28 bits per heavy atom. The molecule has 1 aliphatic heterocycles. The molecule has 8 nitrogen and oxygen atoms in total. The average molecular weight is 530 g/mol. The maximum Gasteiger partial charge on any atom is 0.406 e. The van der Waals surface area contributed by atoms with Gasteiger partial charge in [-0.3, -0.25) is 14.4 Å². The number of anilines is 1. The maximum atomic E-state index is 13.8. The Hall–Kier alpha value is -3.15. The highest BCUT2D eigenvalue weighted by Gasteiger charge is 2.51. The lowest BCUT2D eigenvalue weighted by atomic mass is 9.71. The number of halogens is 5. The van der Waals surface area contributed by atoms with E-state index in [1.807, 2.05) is 0 Å². The Kier molecular flexibility index (Phi) is 6.76. The molecule has 0 bridgehead atoms. The van der Waals surface area contributed by atoms with Crippen LogP contribution in [-0.4, -0.2) is 57.9 Å². The van der Waals surface area contributed by atoms with Crippen molar-refractivity contribution >= 4 is 35.0 Å². The maximum absolute atomic E-state index is 13.8. The Bertz CT molecular complexity index is 1210. The first kappa shape index (κ1) is 25.9. The molecule has 0 unspecified atom stereocenters. The van der Waals surface area contributed by atoms with Gasteiger partial charge in [0, 0.05) is 12.6 Å². The van der Waals surface area contributed by atoms with Crippen LogP contribution in [0.15, 0.2) is 18.5 Å². The molecule has 13 heteroatoms. The van der Waals surface area contributed by atoms with E-state index < -0.39 is 53.2 Å². The van der Waals surface area contributed by atoms with Crippen LogP contribution in [0.3, 0.4) is 0 Å². The summed E-state index contributed by atoms with van der Waals surface area (Å²) in [6, 6.07) is 1.84. The molecule has 1 aliphatic carbocycles. The van der Waals surface area contributed by atoms with Crippen molar-refractivity contribution in [3.63, 3.8) is 0 Å². The highest BCUT2D eigenvalue weighted by Crippen LogP contribution is 2.48. The van der Waals surface area contributed by atoms with E-state index >= 15 is 0 Å². The molecule has 2 aliphatic rings. The molecule has 1 saturated heterocycles. The Morgan fingerprint density at radius 3 is 2.56 bits per heavy atom. The number of carbonyl (C=O) groups is 3. The highest BCUT2D eigenvalue weighted by atomic mass is 35.5. The number of aromatic amines is 1. The van der Waals surface area contributed by atoms with Gasteiger partial charge in [-0.25, -0.2) is 9.37 Å². The number of nitrogens with one attached hydrogen (secondary N) is 1. The molecule has 1 aromatic carbocycles. The number of aromatic nitrogens is 2. The smallest absolute Gasteiger partial charge is 0.364 e. The summed E-state index contributed by atoms with van der Waals surface area (Å²) in [5.74, 6) is -2.78. The second-order valence-electron chi connectivity index (χ2n) is 9.31. The minimum atomic E-state index is -4.69. The fourth-order valence-corrected chi connectivity index (χ4v) is 5.43. The number of amides is 3. The third-order valence-electron chi connectivity index (χ3n) is 7.08. The molecule has 3 N–H and O–H groups in total. The third kappa shape index (κ3) is 4.78. The molecule has 2 aromatic rings. The van der Waals surface area contributed by atoms with E-state index in [9.17, 15) is 31.9 Å². The zero-order valence-corrected chi connectivity index (χ0v) is 20.0. The lowest BCUT2D eigenvalue weighted by molar-refractivity contribution is -0.147. The van der Waals surface area contributed by atoms with E-state index in [0.29, 0.717) is 29.1 Å². The summed E-state index contributed by atoms with van der Waals surface area (Å²) >= 11 is 6.19. The van der Waals surface area contributed by atoms with Crippen molar-refractivity contribution < 1.29 is 31.9 Å². The van der Waals surface area contributed by atoms with Crippen LogP contribution >= 0.6 is 11.6 Å². The van der Waals surface area contributed by atoms with Crippen molar-refractivity contribution in [2.24, 2.45) is 11.1 Å². The summed E-state index contributed by atoms with van der Waals surface area (Å²) in [5.41, 5.74) is 4.28. The van der Waals surface area contributed by atoms with E-state index in [-0.39, 0.29) is 36.6 Å². The topological polar surface area (TPSA) is 112 Å². The molecular weight excluding hydrogens is 506 g/mol. The first-order chi connectivity index (χ1) is 16.8. The number of imidazole rings is 1. The van der Waals surface area contributed by atoms with Gasteiger partial charge in [0.15, 0.2) is 5.69 Å². The molecular formula is C23H24ClF4N5O3. The molecule has 194 valence electrons. The molecule has 0 radical (unpaired) electrons. The number of aryl methyl sites for hydroxylation is 1. The van der Waals surface area contributed by atoms with Gasteiger partial charge in [-0.15, -0.1) is 0 Å². The summed E-state index contributed by atoms with van der Waals surface area (Å²) in [6.07, 6.45) is -2.38. The summed E-state index contributed by atoms with van der Waals surface area (Å²) in [5, 5.41) is 0.101. The third-order valence-corrected chi connectivity index (χ3v) is 7.38. The number of hydrogen-bond acceptors (Lipinski definition) is 4. The van der Waals surface area contributed by atoms with Crippen molar-refractivity contribution in [3.8, 4) is 0 Å². The summed E-state index contributed by atoms with van der Waals surface area (Å²) < 4.78 is 54.0. The predicted octanol–water partition coefficient (Wildman–Crippen LogP) is 3.98. The minimum absolute atomic E-state index is 0.101. The van der Waals surface area contributed by atoms with Crippen molar-refractivity contribution in [3.05, 3.63) is 46.3 Å². The molecule has 36 heavy (non-hydrogen) atoms. The SMILES string of the molecule is Cc1cc(N2CCC3(CCC(N(CC(F)(F)F)C(=O)c4[nH]cnc4C(N)=O)CC3)C2=O)c(Cl)cc1F. The second-order valence-corrected chi connectivity index (χ2v) is 9.72. The Labute approximate surface area is 208 Å². The highest BCUT2D eigenvalue weighted by molar-refractivity contribution is 6.34. The molecule has 1 aromatic heterocycles.